The average Bonchev–Trinajstić information content (AvgIpc) is 3.01. The lowest BCUT2D eigenvalue weighted by molar-refractivity contribution is 0.294. The highest BCUT2D eigenvalue weighted by Crippen LogP contribution is 2.34. The maximum absolute atomic E-state index is 6.17. The van der Waals surface area contributed by atoms with Crippen LogP contribution in [0.15, 0.2) is 35.9 Å². The van der Waals surface area contributed by atoms with Crippen LogP contribution in [-0.2, 0) is 12.0 Å². The van der Waals surface area contributed by atoms with Gasteiger partial charge in [-0.1, -0.05) is 35.9 Å². The van der Waals surface area contributed by atoms with Crippen molar-refractivity contribution in [2.45, 2.75) is 50.5 Å². The fraction of sp³-hybridized carbons (Fsp3) is 0.556. The number of rotatable bonds is 5. The molecule has 0 aliphatic heterocycles. The van der Waals surface area contributed by atoms with Crippen LogP contribution in [0.3, 0.4) is 0 Å². The van der Waals surface area contributed by atoms with Crippen molar-refractivity contribution in [3.8, 4) is 0 Å². The van der Waals surface area contributed by atoms with Gasteiger partial charge in [-0.25, -0.2) is 0 Å². The molecule has 20 heavy (non-hydrogen) atoms. The highest BCUT2D eigenvalue weighted by atomic mass is 15.0. The molecule has 0 amide bonds. The molecule has 1 aromatic carbocycles. The predicted molar refractivity (Wildman–Crippen MR) is 84.7 cm³/mol. The van der Waals surface area contributed by atoms with Gasteiger partial charge in [0.25, 0.3) is 0 Å². The van der Waals surface area contributed by atoms with Crippen molar-refractivity contribution in [3.63, 3.8) is 0 Å². The maximum Gasteiger partial charge on any atom is 0.0561 e. The summed E-state index contributed by atoms with van der Waals surface area (Å²) in [6, 6.07) is 8.83. The highest BCUT2D eigenvalue weighted by Gasteiger charge is 2.34. The van der Waals surface area contributed by atoms with Gasteiger partial charge in [0.05, 0.1) is 5.54 Å². The van der Waals surface area contributed by atoms with Crippen LogP contribution < -0.4 is 11.1 Å². The summed E-state index contributed by atoms with van der Waals surface area (Å²) in [7, 11) is 0. The van der Waals surface area contributed by atoms with Crippen LogP contribution in [0.4, 0.5) is 0 Å². The summed E-state index contributed by atoms with van der Waals surface area (Å²) in [4.78, 5) is 0. The van der Waals surface area contributed by atoms with E-state index in [1.807, 2.05) is 0 Å². The number of fused-ring (bicyclic) bond motifs is 1. The van der Waals surface area contributed by atoms with Crippen LogP contribution in [0.25, 0.3) is 0 Å². The molecule has 0 fully saturated rings. The second-order valence-corrected chi connectivity index (χ2v) is 6.23. The monoisotopic (exact) mass is 270 g/mol. The van der Waals surface area contributed by atoms with Gasteiger partial charge in [-0.2, -0.15) is 0 Å². The van der Waals surface area contributed by atoms with Crippen molar-refractivity contribution in [1.29, 1.82) is 0 Å². The first kappa shape index (κ1) is 13.8. The van der Waals surface area contributed by atoms with E-state index in [-0.39, 0.29) is 5.54 Å². The van der Waals surface area contributed by atoms with Gasteiger partial charge in [0.2, 0.25) is 0 Å². The fourth-order valence-electron chi connectivity index (χ4n) is 3.82. The van der Waals surface area contributed by atoms with Gasteiger partial charge in [-0.05, 0) is 62.6 Å². The average molecular weight is 270 g/mol. The Labute approximate surface area is 122 Å². The third-order valence-electron chi connectivity index (χ3n) is 4.98. The van der Waals surface area contributed by atoms with Gasteiger partial charge in [0.15, 0.2) is 0 Å². The minimum Gasteiger partial charge on any atom is -0.328 e. The molecular weight excluding hydrogens is 244 g/mol. The third kappa shape index (κ3) is 2.68. The van der Waals surface area contributed by atoms with Gasteiger partial charge in [-0.15, -0.1) is 0 Å². The predicted octanol–water partition coefficient (Wildman–Crippen LogP) is 3.27. The van der Waals surface area contributed by atoms with Crippen LogP contribution >= 0.6 is 0 Å². The van der Waals surface area contributed by atoms with Crippen LogP contribution in [-0.4, -0.2) is 13.1 Å². The van der Waals surface area contributed by atoms with Crippen LogP contribution in [0.1, 0.15) is 49.7 Å². The van der Waals surface area contributed by atoms with Crippen LogP contribution in [0.5, 0.6) is 0 Å². The zero-order chi connectivity index (χ0) is 13.8. The SMILES string of the molecule is NCC1(NCCC2=CCCC2)CCCc2ccccc21. The number of aryl methyl sites for hydroxylation is 1. The van der Waals surface area contributed by atoms with Gasteiger partial charge in [0, 0.05) is 6.54 Å². The molecule has 0 saturated heterocycles. The molecule has 2 nitrogen and oxygen atoms in total. The zero-order valence-electron chi connectivity index (χ0n) is 12.3. The molecule has 3 N–H and O–H groups in total. The van der Waals surface area contributed by atoms with Gasteiger partial charge in [-0.3, -0.25) is 0 Å². The Hall–Kier alpha value is -1.12. The Morgan fingerprint density at radius 2 is 2.05 bits per heavy atom. The molecule has 1 atom stereocenters. The van der Waals surface area contributed by atoms with Gasteiger partial charge < -0.3 is 11.1 Å². The molecule has 1 unspecified atom stereocenters. The van der Waals surface area contributed by atoms with Crippen molar-refractivity contribution >= 4 is 0 Å². The number of hydrogen-bond donors (Lipinski definition) is 2. The number of hydrogen-bond acceptors (Lipinski definition) is 2. The van der Waals surface area contributed by atoms with Crippen molar-refractivity contribution < 1.29 is 0 Å². The largest absolute Gasteiger partial charge is 0.328 e. The topological polar surface area (TPSA) is 38.0 Å². The number of allylic oxidation sites excluding steroid dienone is 1. The molecule has 0 spiro atoms. The van der Waals surface area contributed by atoms with Crippen LogP contribution in [0, 0.1) is 0 Å². The van der Waals surface area contributed by atoms with E-state index >= 15 is 0 Å². The second kappa shape index (κ2) is 6.11. The molecule has 1 aromatic rings. The number of nitrogens with one attached hydrogen (secondary N) is 1. The first-order chi connectivity index (χ1) is 9.84. The lowest BCUT2D eigenvalue weighted by Crippen LogP contribution is -2.50. The fourth-order valence-corrected chi connectivity index (χ4v) is 3.82. The minimum absolute atomic E-state index is 0.00794. The second-order valence-electron chi connectivity index (χ2n) is 6.23. The Morgan fingerprint density at radius 3 is 2.85 bits per heavy atom. The Morgan fingerprint density at radius 1 is 1.15 bits per heavy atom. The Bertz CT molecular complexity index is 492. The van der Waals surface area contributed by atoms with Crippen LogP contribution in [0.2, 0.25) is 0 Å². The molecule has 2 heteroatoms. The van der Waals surface area contributed by atoms with Crippen molar-refractivity contribution in [3.05, 3.63) is 47.0 Å². The maximum atomic E-state index is 6.17. The molecule has 108 valence electrons. The van der Waals surface area contributed by atoms with Gasteiger partial charge >= 0.3 is 0 Å². The van der Waals surface area contributed by atoms with E-state index in [2.05, 4.69) is 35.7 Å². The van der Waals surface area contributed by atoms with Crippen molar-refractivity contribution in [2.24, 2.45) is 5.73 Å². The molecule has 3 rings (SSSR count). The zero-order valence-corrected chi connectivity index (χ0v) is 12.3. The molecular formula is C18H26N2. The van der Waals surface area contributed by atoms with E-state index in [1.165, 1.54) is 56.1 Å². The smallest absolute Gasteiger partial charge is 0.0561 e. The summed E-state index contributed by atoms with van der Waals surface area (Å²) in [5.41, 5.74) is 10.7. The summed E-state index contributed by atoms with van der Waals surface area (Å²) >= 11 is 0. The quantitative estimate of drug-likeness (QED) is 0.806. The van der Waals surface area contributed by atoms with Crippen molar-refractivity contribution in [2.75, 3.05) is 13.1 Å². The summed E-state index contributed by atoms with van der Waals surface area (Å²) in [5, 5.41) is 3.80. The van der Waals surface area contributed by atoms with E-state index in [1.54, 1.807) is 5.57 Å². The molecule has 2 aliphatic carbocycles. The van der Waals surface area contributed by atoms with E-state index in [9.17, 15) is 0 Å². The van der Waals surface area contributed by atoms with E-state index < -0.39 is 0 Å². The minimum atomic E-state index is 0.00794. The summed E-state index contributed by atoms with van der Waals surface area (Å²) < 4.78 is 0. The summed E-state index contributed by atoms with van der Waals surface area (Å²) in [6.07, 6.45) is 11.1. The number of benzene rings is 1. The normalized spacial score (nSPS) is 25.4. The molecule has 0 aromatic heterocycles. The Balaban J connectivity index is 1.71. The third-order valence-corrected chi connectivity index (χ3v) is 4.98. The molecule has 2 aliphatic rings. The highest BCUT2D eigenvalue weighted by molar-refractivity contribution is 5.36. The molecule has 0 radical (unpaired) electrons. The van der Waals surface area contributed by atoms with E-state index in [0.29, 0.717) is 6.54 Å². The first-order valence-electron chi connectivity index (χ1n) is 8.05. The number of nitrogens with two attached hydrogens (primary N) is 1. The van der Waals surface area contributed by atoms with Gasteiger partial charge in [0.1, 0.15) is 0 Å². The summed E-state index contributed by atoms with van der Waals surface area (Å²) in [5.74, 6) is 0. The lowest BCUT2D eigenvalue weighted by atomic mass is 9.76. The van der Waals surface area contributed by atoms with Crippen molar-refractivity contribution in [1.82, 2.24) is 5.32 Å². The molecule has 0 saturated carbocycles. The summed E-state index contributed by atoms with van der Waals surface area (Å²) in [6.45, 7) is 1.75. The Kier molecular flexibility index (Phi) is 4.23. The first-order valence-corrected chi connectivity index (χ1v) is 8.05. The standard InChI is InChI=1S/C18H26N2/c19-14-18(20-13-11-15-6-1-2-7-15)12-5-9-16-8-3-4-10-17(16)18/h3-4,6,8,10,20H,1-2,5,7,9,11-14,19H2. The molecule has 0 bridgehead atoms. The lowest BCUT2D eigenvalue weighted by Gasteiger charge is -2.39. The van der Waals surface area contributed by atoms with E-state index in [0.717, 1.165) is 6.54 Å². The van der Waals surface area contributed by atoms with E-state index in [4.69, 9.17) is 5.73 Å². The molecule has 0 heterocycles.